The van der Waals surface area contributed by atoms with Gasteiger partial charge >= 0.3 is 0 Å². The highest BCUT2D eigenvalue weighted by molar-refractivity contribution is 5.47. The standard InChI is InChI=1S/C25H26O4/c26-22-16-17-24(27)29-23(22)18-28-25(19-10-4-1-5-11-19,20-12-6-2-7-13-20)21-14-8-3-9-15-21/h1-15,22-24,26-27H,16-18H2/t22-,23+,24-/m0/s1. The first-order valence-electron chi connectivity index (χ1n) is 10.0. The van der Waals surface area contributed by atoms with E-state index in [9.17, 15) is 10.2 Å². The van der Waals surface area contributed by atoms with Crippen molar-refractivity contribution in [2.45, 2.75) is 36.9 Å². The Balaban J connectivity index is 1.79. The Morgan fingerprint density at radius 2 is 1.17 bits per heavy atom. The second kappa shape index (κ2) is 8.89. The van der Waals surface area contributed by atoms with Gasteiger partial charge in [0.15, 0.2) is 6.29 Å². The van der Waals surface area contributed by atoms with Crippen LogP contribution >= 0.6 is 0 Å². The highest BCUT2D eigenvalue weighted by Gasteiger charge is 2.39. The summed E-state index contributed by atoms with van der Waals surface area (Å²) in [6.07, 6.45) is -1.21. The Morgan fingerprint density at radius 1 is 0.724 bits per heavy atom. The summed E-state index contributed by atoms with van der Waals surface area (Å²) in [6, 6.07) is 30.2. The lowest BCUT2D eigenvalue weighted by Gasteiger charge is -2.39. The van der Waals surface area contributed by atoms with E-state index >= 15 is 0 Å². The molecule has 3 aromatic rings. The molecule has 29 heavy (non-hydrogen) atoms. The summed E-state index contributed by atoms with van der Waals surface area (Å²) < 4.78 is 12.2. The highest BCUT2D eigenvalue weighted by atomic mass is 16.6. The van der Waals surface area contributed by atoms with Crippen LogP contribution in [0.5, 0.6) is 0 Å². The van der Waals surface area contributed by atoms with Crippen LogP contribution in [0.2, 0.25) is 0 Å². The van der Waals surface area contributed by atoms with Crippen molar-refractivity contribution in [1.82, 2.24) is 0 Å². The van der Waals surface area contributed by atoms with Crippen molar-refractivity contribution in [3.05, 3.63) is 108 Å². The van der Waals surface area contributed by atoms with E-state index in [1.807, 2.05) is 91.0 Å². The van der Waals surface area contributed by atoms with Crippen molar-refractivity contribution in [1.29, 1.82) is 0 Å². The maximum absolute atomic E-state index is 10.4. The first-order valence-corrected chi connectivity index (χ1v) is 10.0. The van der Waals surface area contributed by atoms with Gasteiger partial charge in [0.1, 0.15) is 11.7 Å². The minimum absolute atomic E-state index is 0.150. The summed E-state index contributed by atoms with van der Waals surface area (Å²) in [5.41, 5.74) is 2.10. The molecule has 1 heterocycles. The molecule has 1 aliphatic heterocycles. The Labute approximate surface area is 171 Å². The zero-order valence-corrected chi connectivity index (χ0v) is 16.2. The molecule has 2 N–H and O–H groups in total. The van der Waals surface area contributed by atoms with Gasteiger partial charge in [0.2, 0.25) is 0 Å². The molecule has 0 aromatic heterocycles. The largest absolute Gasteiger partial charge is 0.390 e. The van der Waals surface area contributed by atoms with Crippen LogP contribution in [0.1, 0.15) is 29.5 Å². The Hall–Kier alpha value is -2.50. The molecule has 3 atom stereocenters. The van der Waals surface area contributed by atoms with Crippen molar-refractivity contribution in [3.8, 4) is 0 Å². The van der Waals surface area contributed by atoms with E-state index < -0.39 is 24.1 Å². The third-order valence-electron chi connectivity index (χ3n) is 5.48. The molecular formula is C25H26O4. The van der Waals surface area contributed by atoms with Gasteiger partial charge in [-0.2, -0.15) is 0 Å². The molecule has 0 amide bonds. The molecule has 150 valence electrons. The van der Waals surface area contributed by atoms with Crippen LogP contribution in [0.25, 0.3) is 0 Å². The van der Waals surface area contributed by atoms with Crippen molar-refractivity contribution in [2.75, 3.05) is 6.61 Å². The first kappa shape index (κ1) is 19.8. The lowest BCUT2D eigenvalue weighted by Crippen LogP contribution is -2.44. The molecule has 4 heteroatoms. The van der Waals surface area contributed by atoms with Gasteiger partial charge in [0, 0.05) is 6.42 Å². The average molecular weight is 390 g/mol. The molecule has 0 saturated carbocycles. The number of ether oxygens (including phenoxy) is 2. The van der Waals surface area contributed by atoms with Gasteiger partial charge in [-0.05, 0) is 23.1 Å². The number of benzene rings is 3. The predicted molar refractivity (Wildman–Crippen MR) is 111 cm³/mol. The summed E-state index contributed by atoms with van der Waals surface area (Å²) in [4.78, 5) is 0. The van der Waals surface area contributed by atoms with Crippen LogP contribution in [0.15, 0.2) is 91.0 Å². The van der Waals surface area contributed by atoms with Crippen molar-refractivity contribution >= 4 is 0 Å². The van der Waals surface area contributed by atoms with Crippen LogP contribution in [-0.2, 0) is 15.1 Å². The van der Waals surface area contributed by atoms with E-state index in [4.69, 9.17) is 9.47 Å². The normalized spacial score (nSPS) is 22.3. The second-order valence-corrected chi connectivity index (χ2v) is 7.36. The summed E-state index contributed by atoms with van der Waals surface area (Å²) in [7, 11) is 0. The van der Waals surface area contributed by atoms with Gasteiger partial charge in [-0.25, -0.2) is 0 Å². The Bertz CT molecular complexity index is 786. The SMILES string of the molecule is O[C@@H]1CC[C@H](O)[C@@H](COC(c2ccccc2)(c2ccccc2)c2ccccc2)O1. The molecule has 4 rings (SSSR count). The van der Waals surface area contributed by atoms with Crippen molar-refractivity contribution in [3.63, 3.8) is 0 Å². The molecular weight excluding hydrogens is 364 g/mol. The Morgan fingerprint density at radius 3 is 1.62 bits per heavy atom. The lowest BCUT2D eigenvalue weighted by molar-refractivity contribution is -0.219. The van der Waals surface area contributed by atoms with Crippen LogP contribution in [0, 0.1) is 0 Å². The maximum atomic E-state index is 10.4. The van der Waals surface area contributed by atoms with Crippen LogP contribution in [0.3, 0.4) is 0 Å². The second-order valence-electron chi connectivity index (χ2n) is 7.36. The topological polar surface area (TPSA) is 58.9 Å². The fourth-order valence-corrected chi connectivity index (χ4v) is 3.99. The summed E-state index contributed by atoms with van der Waals surface area (Å²) >= 11 is 0. The van der Waals surface area contributed by atoms with E-state index in [-0.39, 0.29) is 6.61 Å². The zero-order chi connectivity index (χ0) is 20.1. The van der Waals surface area contributed by atoms with E-state index in [0.717, 1.165) is 16.7 Å². The third-order valence-corrected chi connectivity index (χ3v) is 5.48. The molecule has 1 saturated heterocycles. The number of aliphatic hydroxyl groups is 2. The van der Waals surface area contributed by atoms with E-state index in [1.54, 1.807) is 0 Å². The fourth-order valence-electron chi connectivity index (χ4n) is 3.99. The fraction of sp³-hybridized carbons (Fsp3) is 0.280. The molecule has 1 fully saturated rings. The van der Waals surface area contributed by atoms with Crippen LogP contribution in [0.4, 0.5) is 0 Å². The van der Waals surface area contributed by atoms with Gasteiger partial charge < -0.3 is 19.7 Å². The third kappa shape index (κ3) is 4.11. The number of hydrogen-bond donors (Lipinski definition) is 2. The lowest BCUT2D eigenvalue weighted by atomic mass is 9.80. The quantitative estimate of drug-likeness (QED) is 0.628. The predicted octanol–water partition coefficient (Wildman–Crippen LogP) is 3.85. The monoisotopic (exact) mass is 390 g/mol. The summed E-state index contributed by atoms with van der Waals surface area (Å²) in [6.45, 7) is 0.150. The molecule has 4 nitrogen and oxygen atoms in total. The van der Waals surface area contributed by atoms with Gasteiger partial charge in [0.25, 0.3) is 0 Å². The average Bonchev–Trinajstić information content (AvgIpc) is 2.79. The van der Waals surface area contributed by atoms with Gasteiger partial charge in [-0.1, -0.05) is 91.0 Å². The molecule has 0 bridgehead atoms. The molecule has 0 unspecified atom stereocenters. The van der Waals surface area contributed by atoms with Crippen molar-refractivity contribution < 1.29 is 19.7 Å². The maximum Gasteiger partial charge on any atom is 0.155 e. The van der Waals surface area contributed by atoms with E-state index in [0.29, 0.717) is 12.8 Å². The Kier molecular flexibility index (Phi) is 6.07. The van der Waals surface area contributed by atoms with Crippen molar-refractivity contribution in [2.24, 2.45) is 0 Å². The number of rotatable bonds is 6. The molecule has 3 aromatic carbocycles. The smallest absolute Gasteiger partial charge is 0.155 e. The minimum atomic E-state index is -0.869. The summed E-state index contributed by atoms with van der Waals surface area (Å²) in [5, 5.41) is 20.3. The first-order chi connectivity index (χ1) is 14.2. The zero-order valence-electron chi connectivity index (χ0n) is 16.2. The van der Waals surface area contributed by atoms with Gasteiger partial charge in [-0.15, -0.1) is 0 Å². The van der Waals surface area contributed by atoms with E-state index in [2.05, 4.69) is 0 Å². The van der Waals surface area contributed by atoms with Gasteiger partial charge in [-0.3, -0.25) is 0 Å². The summed E-state index contributed by atoms with van der Waals surface area (Å²) in [5.74, 6) is 0. The van der Waals surface area contributed by atoms with E-state index in [1.165, 1.54) is 0 Å². The van der Waals surface area contributed by atoms with Crippen LogP contribution < -0.4 is 0 Å². The highest BCUT2D eigenvalue weighted by Crippen LogP contribution is 2.41. The number of hydrogen-bond acceptors (Lipinski definition) is 4. The molecule has 1 aliphatic rings. The molecule has 0 radical (unpaired) electrons. The number of aliphatic hydroxyl groups excluding tert-OH is 2. The molecule has 0 spiro atoms. The minimum Gasteiger partial charge on any atom is -0.390 e. The van der Waals surface area contributed by atoms with Crippen LogP contribution in [-0.4, -0.2) is 35.3 Å². The molecule has 0 aliphatic carbocycles. The van der Waals surface area contributed by atoms with Gasteiger partial charge in [0.05, 0.1) is 12.7 Å².